The highest BCUT2D eigenvalue weighted by Gasteiger charge is 2.25. The molecule has 1 aliphatic rings. The van der Waals surface area contributed by atoms with Gasteiger partial charge < -0.3 is 13.7 Å². The van der Waals surface area contributed by atoms with Crippen molar-refractivity contribution in [2.45, 2.75) is 39.5 Å². The number of hydrogen-bond donors (Lipinski definition) is 0. The number of aromatic nitrogens is 2. The second-order valence-electron chi connectivity index (χ2n) is 6.89. The normalized spacial score (nSPS) is 17.8. The average Bonchev–Trinajstić information content (AvgIpc) is 3.31. The smallest absolute Gasteiger partial charge is 0.139 e. The molecule has 0 aromatic carbocycles. The van der Waals surface area contributed by atoms with Crippen LogP contribution >= 0.6 is 0 Å². The lowest BCUT2D eigenvalue weighted by molar-refractivity contribution is 0.0453. The number of aryl methyl sites for hydroxylation is 2. The van der Waals surface area contributed by atoms with E-state index in [1.54, 1.807) is 0 Å². The first-order valence-corrected chi connectivity index (χ1v) is 8.90. The number of rotatable bonds is 5. The maximum Gasteiger partial charge on any atom is 0.139 e. The summed E-state index contributed by atoms with van der Waals surface area (Å²) in [7, 11) is 0. The molecule has 6 nitrogen and oxygen atoms in total. The third-order valence-electron chi connectivity index (χ3n) is 5.14. The van der Waals surface area contributed by atoms with E-state index in [-0.39, 0.29) is 6.10 Å². The Morgan fingerprint density at radius 1 is 1.38 bits per heavy atom. The van der Waals surface area contributed by atoms with E-state index in [0.717, 1.165) is 59.7 Å². The Labute approximate surface area is 152 Å². The molecule has 134 valence electrons. The monoisotopic (exact) mass is 350 g/mol. The van der Waals surface area contributed by atoms with Crippen molar-refractivity contribution < 1.29 is 9.26 Å². The van der Waals surface area contributed by atoms with E-state index in [4.69, 9.17) is 9.26 Å². The molecule has 1 unspecified atom stereocenters. The summed E-state index contributed by atoms with van der Waals surface area (Å²) in [6, 6.07) is 8.30. The number of pyridine rings is 1. The standard InChI is InChI=1S/C20H22N4O2/c1-14-19(15(2)26-22-14)13-25-17-6-8-23(12-17)10-16-11-24-7-4-3-5-20(24)18(16)9-21/h3-5,7,11,17H,6,8,10,12-13H2,1-2H3. The van der Waals surface area contributed by atoms with Crippen molar-refractivity contribution >= 4 is 5.52 Å². The lowest BCUT2D eigenvalue weighted by Crippen LogP contribution is -2.23. The summed E-state index contributed by atoms with van der Waals surface area (Å²) in [5.41, 5.74) is 4.76. The van der Waals surface area contributed by atoms with Crippen molar-refractivity contribution in [2.75, 3.05) is 13.1 Å². The van der Waals surface area contributed by atoms with Crippen LogP contribution in [0.4, 0.5) is 0 Å². The van der Waals surface area contributed by atoms with Gasteiger partial charge in [0.1, 0.15) is 11.8 Å². The number of nitriles is 1. The van der Waals surface area contributed by atoms with E-state index in [1.807, 2.05) is 42.6 Å². The summed E-state index contributed by atoms with van der Waals surface area (Å²) in [6.07, 6.45) is 5.25. The van der Waals surface area contributed by atoms with Crippen molar-refractivity contribution in [1.82, 2.24) is 14.5 Å². The summed E-state index contributed by atoms with van der Waals surface area (Å²) in [5, 5.41) is 13.5. The van der Waals surface area contributed by atoms with Crippen LogP contribution in [0.2, 0.25) is 0 Å². The molecule has 0 amide bonds. The van der Waals surface area contributed by atoms with Crippen LogP contribution in [0, 0.1) is 25.2 Å². The maximum absolute atomic E-state index is 9.55. The van der Waals surface area contributed by atoms with Gasteiger partial charge in [-0.1, -0.05) is 11.2 Å². The first-order valence-electron chi connectivity index (χ1n) is 8.90. The second-order valence-corrected chi connectivity index (χ2v) is 6.89. The quantitative estimate of drug-likeness (QED) is 0.707. The number of hydrogen-bond acceptors (Lipinski definition) is 5. The number of nitrogens with zero attached hydrogens (tertiary/aromatic N) is 4. The second kappa shape index (κ2) is 6.94. The van der Waals surface area contributed by atoms with Gasteiger partial charge in [-0.3, -0.25) is 4.90 Å². The molecule has 0 aliphatic carbocycles. The molecule has 0 saturated carbocycles. The van der Waals surface area contributed by atoms with Gasteiger partial charge in [-0.25, -0.2) is 0 Å². The van der Waals surface area contributed by atoms with Gasteiger partial charge in [-0.15, -0.1) is 0 Å². The molecule has 0 N–H and O–H groups in total. The Kier molecular flexibility index (Phi) is 4.49. The third-order valence-corrected chi connectivity index (χ3v) is 5.14. The Balaban J connectivity index is 1.40. The predicted octanol–water partition coefficient (Wildman–Crippen LogP) is 3.21. The first-order chi connectivity index (χ1) is 12.7. The fourth-order valence-electron chi connectivity index (χ4n) is 3.65. The van der Waals surface area contributed by atoms with Gasteiger partial charge in [0, 0.05) is 43.2 Å². The maximum atomic E-state index is 9.55. The van der Waals surface area contributed by atoms with Crippen molar-refractivity contribution in [3.8, 4) is 6.07 Å². The first kappa shape index (κ1) is 16.8. The minimum absolute atomic E-state index is 0.200. The SMILES string of the molecule is Cc1noc(C)c1COC1CCN(Cc2cn3ccccc3c2C#N)C1. The Morgan fingerprint density at radius 2 is 2.27 bits per heavy atom. The van der Waals surface area contributed by atoms with Crippen LogP contribution in [0.15, 0.2) is 35.1 Å². The molecule has 3 aromatic heterocycles. The Morgan fingerprint density at radius 3 is 3.04 bits per heavy atom. The number of ether oxygens (including phenoxy) is 1. The summed E-state index contributed by atoms with van der Waals surface area (Å²) in [4.78, 5) is 2.35. The molecule has 4 heterocycles. The largest absolute Gasteiger partial charge is 0.372 e. The summed E-state index contributed by atoms with van der Waals surface area (Å²) in [5.74, 6) is 0.830. The fourth-order valence-corrected chi connectivity index (χ4v) is 3.65. The van der Waals surface area contributed by atoms with E-state index < -0.39 is 0 Å². The molecule has 3 aromatic rings. The van der Waals surface area contributed by atoms with Crippen LogP contribution in [-0.4, -0.2) is 33.7 Å². The van der Waals surface area contributed by atoms with Gasteiger partial charge in [0.15, 0.2) is 0 Å². The highest BCUT2D eigenvalue weighted by Crippen LogP contribution is 2.23. The fraction of sp³-hybridized carbons (Fsp3) is 0.400. The lowest BCUT2D eigenvalue weighted by Gasteiger charge is -2.16. The number of fused-ring (bicyclic) bond motifs is 1. The van der Waals surface area contributed by atoms with E-state index in [9.17, 15) is 5.26 Å². The predicted molar refractivity (Wildman–Crippen MR) is 96.6 cm³/mol. The Hall–Kier alpha value is -2.62. The van der Waals surface area contributed by atoms with Gasteiger partial charge in [0.05, 0.1) is 29.5 Å². The number of likely N-dealkylation sites (tertiary alicyclic amines) is 1. The zero-order chi connectivity index (χ0) is 18.1. The van der Waals surface area contributed by atoms with Gasteiger partial charge in [-0.2, -0.15) is 5.26 Å². The third kappa shape index (κ3) is 3.12. The topological polar surface area (TPSA) is 66.7 Å². The van der Waals surface area contributed by atoms with Crippen LogP contribution in [0.5, 0.6) is 0 Å². The lowest BCUT2D eigenvalue weighted by atomic mass is 10.1. The minimum atomic E-state index is 0.200. The molecule has 6 heteroatoms. The van der Waals surface area contributed by atoms with Gasteiger partial charge in [0.2, 0.25) is 0 Å². The van der Waals surface area contributed by atoms with Crippen LogP contribution in [-0.2, 0) is 17.9 Å². The van der Waals surface area contributed by atoms with Gasteiger partial charge in [-0.05, 0) is 32.4 Å². The van der Waals surface area contributed by atoms with E-state index >= 15 is 0 Å². The summed E-state index contributed by atoms with van der Waals surface area (Å²) < 4.78 is 13.3. The van der Waals surface area contributed by atoms with Crippen LogP contribution < -0.4 is 0 Å². The molecular weight excluding hydrogens is 328 g/mol. The average molecular weight is 350 g/mol. The van der Waals surface area contributed by atoms with Crippen molar-refractivity contribution in [3.63, 3.8) is 0 Å². The zero-order valence-electron chi connectivity index (χ0n) is 15.1. The van der Waals surface area contributed by atoms with E-state index in [2.05, 4.69) is 22.3 Å². The minimum Gasteiger partial charge on any atom is -0.372 e. The molecule has 26 heavy (non-hydrogen) atoms. The van der Waals surface area contributed by atoms with Crippen LogP contribution in [0.25, 0.3) is 5.52 Å². The van der Waals surface area contributed by atoms with Gasteiger partial charge in [0.25, 0.3) is 0 Å². The highest BCUT2D eigenvalue weighted by atomic mass is 16.5. The zero-order valence-corrected chi connectivity index (χ0v) is 15.1. The molecule has 0 bridgehead atoms. The van der Waals surface area contributed by atoms with E-state index in [1.165, 1.54) is 0 Å². The van der Waals surface area contributed by atoms with E-state index in [0.29, 0.717) is 6.61 Å². The molecule has 0 radical (unpaired) electrons. The molecule has 1 saturated heterocycles. The van der Waals surface area contributed by atoms with Crippen molar-refractivity contribution in [3.05, 3.63) is 58.7 Å². The molecular formula is C20H22N4O2. The molecule has 0 spiro atoms. The van der Waals surface area contributed by atoms with Crippen LogP contribution in [0.3, 0.4) is 0 Å². The summed E-state index contributed by atoms with van der Waals surface area (Å²) in [6.45, 7) is 7.02. The molecule has 1 atom stereocenters. The summed E-state index contributed by atoms with van der Waals surface area (Å²) >= 11 is 0. The molecule has 1 aliphatic heterocycles. The van der Waals surface area contributed by atoms with Gasteiger partial charge >= 0.3 is 0 Å². The Bertz CT molecular complexity index is 947. The highest BCUT2D eigenvalue weighted by molar-refractivity contribution is 5.65. The van der Waals surface area contributed by atoms with Crippen molar-refractivity contribution in [1.29, 1.82) is 5.26 Å². The molecule has 1 fully saturated rings. The molecule has 4 rings (SSSR count). The van der Waals surface area contributed by atoms with Crippen molar-refractivity contribution in [2.24, 2.45) is 0 Å². The van der Waals surface area contributed by atoms with Crippen LogP contribution in [0.1, 0.15) is 34.6 Å².